The lowest BCUT2D eigenvalue weighted by molar-refractivity contribution is -0.123. The van der Waals surface area contributed by atoms with E-state index in [0.29, 0.717) is 12.3 Å². The van der Waals surface area contributed by atoms with Crippen LogP contribution in [0.2, 0.25) is 0 Å². The first-order valence-corrected chi connectivity index (χ1v) is 6.51. The molecule has 0 fully saturated rings. The van der Waals surface area contributed by atoms with Crippen molar-refractivity contribution < 1.29 is 14.3 Å². The molecule has 6 nitrogen and oxygen atoms in total. The smallest absolute Gasteiger partial charge is 0.426 e. The summed E-state index contributed by atoms with van der Waals surface area (Å²) in [5, 5.41) is 0. The molecule has 1 aromatic carbocycles. The van der Waals surface area contributed by atoms with Crippen LogP contribution in [0.5, 0.6) is 0 Å². The van der Waals surface area contributed by atoms with Crippen molar-refractivity contribution in [2.24, 2.45) is 11.7 Å². The molecule has 20 heavy (non-hydrogen) atoms. The molecular weight excluding hydrogens is 258 g/mol. The SMILES string of the molecule is CC(C)C[C@@H](N)C(=O)NNC(=O)OCc1ccccc1. The van der Waals surface area contributed by atoms with Crippen LogP contribution >= 0.6 is 0 Å². The summed E-state index contributed by atoms with van der Waals surface area (Å²) in [6, 6.07) is 8.60. The fourth-order valence-corrected chi connectivity index (χ4v) is 1.58. The second kappa shape index (κ2) is 8.16. The summed E-state index contributed by atoms with van der Waals surface area (Å²) in [5.74, 6) is -0.129. The van der Waals surface area contributed by atoms with Crippen molar-refractivity contribution in [2.45, 2.75) is 32.9 Å². The van der Waals surface area contributed by atoms with Gasteiger partial charge in [0.05, 0.1) is 6.04 Å². The van der Waals surface area contributed by atoms with E-state index in [0.717, 1.165) is 5.56 Å². The fraction of sp³-hybridized carbons (Fsp3) is 0.429. The lowest BCUT2D eigenvalue weighted by atomic mass is 10.0. The van der Waals surface area contributed by atoms with Gasteiger partial charge in [-0.2, -0.15) is 0 Å². The van der Waals surface area contributed by atoms with E-state index in [4.69, 9.17) is 10.5 Å². The third kappa shape index (κ3) is 6.19. The number of carbonyl (C=O) groups is 2. The highest BCUT2D eigenvalue weighted by Gasteiger charge is 2.15. The van der Waals surface area contributed by atoms with E-state index in [1.165, 1.54) is 0 Å². The van der Waals surface area contributed by atoms with Gasteiger partial charge in [-0.1, -0.05) is 44.2 Å². The molecule has 2 amide bonds. The van der Waals surface area contributed by atoms with E-state index in [1.807, 2.05) is 44.2 Å². The monoisotopic (exact) mass is 279 g/mol. The van der Waals surface area contributed by atoms with Gasteiger partial charge in [-0.3, -0.25) is 10.2 Å². The van der Waals surface area contributed by atoms with Crippen LogP contribution < -0.4 is 16.6 Å². The molecule has 110 valence electrons. The number of hydrazine groups is 1. The Bertz CT molecular complexity index is 435. The number of carbonyl (C=O) groups excluding carboxylic acids is 2. The molecule has 0 spiro atoms. The van der Waals surface area contributed by atoms with Gasteiger partial charge in [0.2, 0.25) is 0 Å². The van der Waals surface area contributed by atoms with Crippen LogP contribution in [0.25, 0.3) is 0 Å². The van der Waals surface area contributed by atoms with Crippen LogP contribution in [0.15, 0.2) is 30.3 Å². The highest BCUT2D eigenvalue weighted by Crippen LogP contribution is 2.02. The second-order valence-corrected chi connectivity index (χ2v) is 4.91. The Morgan fingerprint density at radius 2 is 1.85 bits per heavy atom. The lowest BCUT2D eigenvalue weighted by Crippen LogP contribution is -2.49. The van der Waals surface area contributed by atoms with Crippen molar-refractivity contribution >= 4 is 12.0 Å². The number of nitrogens with one attached hydrogen (secondary N) is 2. The van der Waals surface area contributed by atoms with Gasteiger partial charge in [0, 0.05) is 0 Å². The molecule has 0 aliphatic heterocycles. The lowest BCUT2D eigenvalue weighted by Gasteiger charge is -2.14. The largest absolute Gasteiger partial charge is 0.443 e. The van der Waals surface area contributed by atoms with E-state index in [1.54, 1.807) is 0 Å². The Morgan fingerprint density at radius 3 is 2.45 bits per heavy atom. The molecule has 0 unspecified atom stereocenters. The van der Waals surface area contributed by atoms with Gasteiger partial charge >= 0.3 is 6.09 Å². The van der Waals surface area contributed by atoms with Crippen LogP contribution in [-0.2, 0) is 16.1 Å². The first-order chi connectivity index (χ1) is 9.49. The quantitative estimate of drug-likeness (QED) is 0.709. The molecule has 4 N–H and O–H groups in total. The minimum atomic E-state index is -0.723. The minimum absolute atomic E-state index is 0.139. The van der Waals surface area contributed by atoms with Gasteiger partial charge in [-0.15, -0.1) is 0 Å². The zero-order valence-corrected chi connectivity index (χ0v) is 11.8. The van der Waals surface area contributed by atoms with E-state index < -0.39 is 18.0 Å². The van der Waals surface area contributed by atoms with Gasteiger partial charge < -0.3 is 10.5 Å². The Morgan fingerprint density at radius 1 is 1.20 bits per heavy atom. The molecule has 0 aromatic heterocycles. The highest BCUT2D eigenvalue weighted by molar-refractivity contribution is 5.83. The first-order valence-electron chi connectivity index (χ1n) is 6.51. The van der Waals surface area contributed by atoms with Crippen molar-refractivity contribution in [1.82, 2.24) is 10.9 Å². The maximum atomic E-state index is 11.6. The highest BCUT2D eigenvalue weighted by atomic mass is 16.6. The standard InChI is InChI=1S/C14H21N3O3/c1-10(2)8-12(15)13(18)16-17-14(19)20-9-11-6-4-3-5-7-11/h3-7,10,12H,8-9,15H2,1-2H3,(H,16,18)(H,17,19)/t12-/m1/s1. The average molecular weight is 279 g/mol. The average Bonchev–Trinajstić information content (AvgIpc) is 2.42. The van der Waals surface area contributed by atoms with Crippen molar-refractivity contribution in [3.63, 3.8) is 0 Å². The molecule has 1 rings (SSSR count). The van der Waals surface area contributed by atoms with Crippen molar-refractivity contribution in [3.8, 4) is 0 Å². The number of amides is 2. The van der Waals surface area contributed by atoms with Crippen LogP contribution in [0.3, 0.4) is 0 Å². The predicted molar refractivity (Wildman–Crippen MR) is 75.3 cm³/mol. The van der Waals surface area contributed by atoms with Gasteiger partial charge in [0.1, 0.15) is 6.61 Å². The molecule has 0 heterocycles. The summed E-state index contributed by atoms with van der Waals surface area (Å²) in [7, 11) is 0. The van der Waals surface area contributed by atoms with Crippen LogP contribution in [0.4, 0.5) is 4.79 Å². The summed E-state index contributed by atoms with van der Waals surface area (Å²) in [6.45, 7) is 4.07. The maximum Gasteiger partial charge on any atom is 0.426 e. The Kier molecular flexibility index (Phi) is 6.52. The topological polar surface area (TPSA) is 93.5 Å². The normalized spacial score (nSPS) is 11.8. The number of hydrogen-bond acceptors (Lipinski definition) is 4. The number of nitrogens with two attached hydrogens (primary N) is 1. The summed E-state index contributed by atoms with van der Waals surface area (Å²) in [4.78, 5) is 22.9. The molecule has 1 aromatic rings. The molecular formula is C14H21N3O3. The predicted octanol–water partition coefficient (Wildman–Crippen LogP) is 1.32. The maximum absolute atomic E-state index is 11.6. The van der Waals surface area contributed by atoms with E-state index in [2.05, 4.69) is 10.9 Å². The molecule has 0 saturated carbocycles. The van der Waals surface area contributed by atoms with Crippen molar-refractivity contribution in [3.05, 3.63) is 35.9 Å². The van der Waals surface area contributed by atoms with Gasteiger partial charge in [-0.05, 0) is 17.9 Å². The molecule has 0 aliphatic carbocycles. The molecule has 0 radical (unpaired) electrons. The minimum Gasteiger partial charge on any atom is -0.443 e. The molecule has 0 aliphatic rings. The van der Waals surface area contributed by atoms with E-state index in [9.17, 15) is 9.59 Å². The summed E-state index contributed by atoms with van der Waals surface area (Å²) >= 11 is 0. The van der Waals surface area contributed by atoms with Crippen molar-refractivity contribution in [2.75, 3.05) is 0 Å². The van der Waals surface area contributed by atoms with Crippen LogP contribution in [-0.4, -0.2) is 18.0 Å². The summed E-state index contributed by atoms with van der Waals surface area (Å²) in [5.41, 5.74) is 10.9. The summed E-state index contributed by atoms with van der Waals surface area (Å²) in [6.07, 6.45) is -0.175. The van der Waals surface area contributed by atoms with Crippen LogP contribution in [0, 0.1) is 5.92 Å². The third-order valence-corrected chi connectivity index (χ3v) is 2.56. The van der Waals surface area contributed by atoms with E-state index in [-0.39, 0.29) is 6.61 Å². The van der Waals surface area contributed by atoms with Crippen LogP contribution in [0.1, 0.15) is 25.8 Å². The fourth-order valence-electron chi connectivity index (χ4n) is 1.58. The van der Waals surface area contributed by atoms with Gasteiger partial charge in [0.15, 0.2) is 0 Å². The van der Waals surface area contributed by atoms with Crippen molar-refractivity contribution in [1.29, 1.82) is 0 Å². The number of rotatable bonds is 5. The molecule has 0 saturated heterocycles. The number of ether oxygens (including phenoxy) is 1. The first kappa shape index (κ1) is 16.0. The van der Waals surface area contributed by atoms with E-state index >= 15 is 0 Å². The zero-order chi connectivity index (χ0) is 15.0. The third-order valence-electron chi connectivity index (χ3n) is 2.56. The Hall–Kier alpha value is -2.08. The molecule has 1 atom stereocenters. The van der Waals surface area contributed by atoms with Gasteiger partial charge in [-0.25, -0.2) is 10.2 Å². The second-order valence-electron chi connectivity index (χ2n) is 4.91. The Labute approximate surface area is 118 Å². The molecule has 6 heteroatoms. The van der Waals surface area contributed by atoms with Gasteiger partial charge in [0.25, 0.3) is 5.91 Å². The zero-order valence-electron chi connectivity index (χ0n) is 11.8. The number of hydrogen-bond donors (Lipinski definition) is 3. The Balaban J connectivity index is 2.24. The summed E-state index contributed by atoms with van der Waals surface area (Å²) < 4.78 is 4.93. The molecule has 0 bridgehead atoms. The number of benzene rings is 1.